The van der Waals surface area contributed by atoms with E-state index in [4.69, 9.17) is 4.74 Å². The van der Waals surface area contributed by atoms with Crippen LogP contribution < -0.4 is 5.32 Å². The normalized spacial score (nSPS) is 23.6. The molecule has 1 saturated carbocycles. The number of ether oxygens (including phenoxy) is 1. The fourth-order valence-electron chi connectivity index (χ4n) is 5.05. The van der Waals surface area contributed by atoms with Crippen LogP contribution in [0, 0.1) is 5.92 Å². The molecule has 3 aliphatic rings. The minimum Gasteiger partial charge on any atom is -0.368 e. The molecule has 1 aliphatic carbocycles. The summed E-state index contributed by atoms with van der Waals surface area (Å²) in [4.78, 5) is 40.4. The van der Waals surface area contributed by atoms with Gasteiger partial charge in [-0.1, -0.05) is 57.7 Å². The lowest BCUT2D eigenvalue weighted by molar-refractivity contribution is -0.142. The molecule has 0 bridgehead atoms. The van der Waals surface area contributed by atoms with Gasteiger partial charge in [-0.25, -0.2) is 0 Å². The highest BCUT2D eigenvalue weighted by Gasteiger charge is 2.46. The van der Waals surface area contributed by atoms with Gasteiger partial charge in [0.25, 0.3) is 5.91 Å². The predicted molar refractivity (Wildman–Crippen MR) is 136 cm³/mol. The van der Waals surface area contributed by atoms with Crippen LogP contribution in [0.15, 0.2) is 30.3 Å². The van der Waals surface area contributed by atoms with E-state index in [9.17, 15) is 14.4 Å². The van der Waals surface area contributed by atoms with Crippen molar-refractivity contribution < 1.29 is 19.1 Å². The van der Waals surface area contributed by atoms with Crippen LogP contribution in [0.2, 0.25) is 0 Å². The third kappa shape index (κ3) is 6.51. The minimum absolute atomic E-state index is 0. The average molecular weight is 483 g/mol. The van der Waals surface area contributed by atoms with Gasteiger partial charge in [-0.05, 0) is 37.3 Å². The van der Waals surface area contributed by atoms with Crippen LogP contribution in [0.25, 0.3) is 0 Å². The molecule has 32 heavy (non-hydrogen) atoms. The van der Waals surface area contributed by atoms with E-state index in [0.717, 1.165) is 25.7 Å². The van der Waals surface area contributed by atoms with Crippen LogP contribution in [0.4, 0.5) is 0 Å². The number of fused-ring (bicyclic) bond motifs is 1. The van der Waals surface area contributed by atoms with E-state index >= 15 is 0 Å². The van der Waals surface area contributed by atoms with E-state index in [0.29, 0.717) is 24.4 Å². The number of piperidine rings is 1. The first-order chi connectivity index (χ1) is 14.1. The molecule has 4 rings (SSSR count). The molecule has 0 radical (unpaired) electrons. The number of hydrogen-bond acceptors (Lipinski definition) is 4. The maximum atomic E-state index is 13.5. The van der Waals surface area contributed by atoms with Gasteiger partial charge in [0.05, 0.1) is 6.10 Å². The minimum atomic E-state index is -0.599. The second kappa shape index (κ2) is 13.3. The highest BCUT2D eigenvalue weighted by Crippen LogP contribution is 2.30. The van der Waals surface area contributed by atoms with Gasteiger partial charge < -0.3 is 15.0 Å². The second-order valence-corrected chi connectivity index (χ2v) is 8.57. The van der Waals surface area contributed by atoms with Gasteiger partial charge in [-0.15, -0.1) is 0 Å². The molecule has 8 heteroatoms. The lowest BCUT2D eigenvalue weighted by Gasteiger charge is -2.38. The van der Waals surface area contributed by atoms with E-state index in [1.165, 1.54) is 19.3 Å². The van der Waals surface area contributed by atoms with Gasteiger partial charge >= 0.3 is 0 Å². The number of nitrogens with zero attached hydrogens (tertiary/aromatic N) is 1. The Bertz CT molecular complexity index is 756. The van der Waals surface area contributed by atoms with Gasteiger partial charge in [0.15, 0.2) is 5.78 Å². The Morgan fingerprint density at radius 2 is 1.72 bits per heavy atom. The second-order valence-electron chi connectivity index (χ2n) is 8.57. The van der Waals surface area contributed by atoms with Crippen molar-refractivity contribution in [2.24, 2.45) is 5.92 Å². The van der Waals surface area contributed by atoms with Crippen LogP contribution >= 0.6 is 27.0 Å². The summed E-state index contributed by atoms with van der Waals surface area (Å²) in [6, 6.07) is 7.91. The molecule has 180 valence electrons. The summed E-state index contributed by atoms with van der Waals surface area (Å²) >= 11 is 0. The van der Waals surface area contributed by atoms with Crippen molar-refractivity contribution in [3.8, 4) is 0 Å². The molecular formula is C24H38N2O4S2. The highest BCUT2D eigenvalue weighted by molar-refractivity contribution is 7.59. The first kappa shape index (κ1) is 28.5. The number of likely N-dealkylation sites (tertiary alicyclic amines) is 1. The van der Waals surface area contributed by atoms with E-state index in [-0.39, 0.29) is 64.7 Å². The first-order valence-corrected chi connectivity index (χ1v) is 10.9. The number of ketones is 1. The van der Waals surface area contributed by atoms with Gasteiger partial charge in [0.2, 0.25) is 5.91 Å². The molecule has 2 aliphatic heterocycles. The Morgan fingerprint density at radius 1 is 1.03 bits per heavy atom. The molecule has 2 amide bonds. The van der Waals surface area contributed by atoms with Crippen molar-refractivity contribution in [2.45, 2.75) is 77.0 Å². The molecule has 1 aromatic carbocycles. The third-order valence-corrected chi connectivity index (χ3v) is 6.56. The Balaban J connectivity index is 0.00000171. The molecule has 0 spiro atoms. The zero-order valence-electron chi connectivity index (χ0n) is 17.8. The summed E-state index contributed by atoms with van der Waals surface area (Å²) in [5.74, 6) is 0.0504. The van der Waals surface area contributed by atoms with Crippen molar-refractivity contribution in [3.05, 3.63) is 35.9 Å². The number of carbonyl (C=O) groups excluding carboxylic acids is 3. The smallest absolute Gasteiger partial charge is 0.251 e. The molecule has 2 heterocycles. The molecule has 6 nitrogen and oxygen atoms in total. The van der Waals surface area contributed by atoms with Crippen LogP contribution in [-0.2, 0) is 14.3 Å². The average Bonchev–Trinajstić information content (AvgIpc) is 3.15. The Morgan fingerprint density at radius 3 is 2.41 bits per heavy atom. The molecule has 1 N–H and O–H groups in total. The van der Waals surface area contributed by atoms with E-state index < -0.39 is 12.1 Å². The van der Waals surface area contributed by atoms with Crippen molar-refractivity contribution in [1.82, 2.24) is 10.2 Å². The molecule has 0 unspecified atom stereocenters. The Hall–Kier alpha value is -1.51. The maximum Gasteiger partial charge on any atom is 0.251 e. The molecule has 0 aromatic heterocycles. The van der Waals surface area contributed by atoms with Crippen LogP contribution in [0.3, 0.4) is 0 Å². The summed E-state index contributed by atoms with van der Waals surface area (Å²) in [5, 5.41) is 2.99. The summed E-state index contributed by atoms with van der Waals surface area (Å²) < 4.78 is 5.60. The summed E-state index contributed by atoms with van der Waals surface area (Å²) in [6.07, 6.45) is 7.87. The van der Waals surface area contributed by atoms with Crippen molar-refractivity contribution in [1.29, 1.82) is 0 Å². The number of hydrogen-bond donors (Lipinski definition) is 1. The van der Waals surface area contributed by atoms with Crippen LogP contribution in [-0.4, -0.2) is 53.8 Å². The predicted octanol–water partition coefficient (Wildman–Crippen LogP) is 3.58. The maximum absolute atomic E-state index is 13.5. The SMILES string of the molecule is C.O=C(N[C@@H](CC1CCCCC1)C(=O)N1CCC[C@H]2OCC(=O)[C@H]21)c1ccccc1.S.S. The molecule has 3 atom stereocenters. The molecular weight excluding hydrogens is 444 g/mol. The van der Waals surface area contributed by atoms with Gasteiger partial charge in [-0.3, -0.25) is 14.4 Å². The van der Waals surface area contributed by atoms with E-state index in [1.54, 1.807) is 17.0 Å². The topological polar surface area (TPSA) is 75.7 Å². The monoisotopic (exact) mass is 482 g/mol. The zero-order valence-corrected chi connectivity index (χ0v) is 19.8. The fraction of sp³-hybridized carbons (Fsp3) is 0.625. The summed E-state index contributed by atoms with van der Waals surface area (Å²) in [5.41, 5.74) is 0.547. The van der Waals surface area contributed by atoms with Crippen molar-refractivity contribution >= 4 is 44.6 Å². The fourth-order valence-corrected chi connectivity index (χ4v) is 5.05. The zero-order chi connectivity index (χ0) is 20.2. The number of Topliss-reactive ketones (excluding diaryl/α,β-unsaturated/α-hetero) is 1. The molecule has 2 saturated heterocycles. The van der Waals surface area contributed by atoms with Gasteiger partial charge in [0, 0.05) is 12.1 Å². The van der Waals surface area contributed by atoms with Crippen molar-refractivity contribution in [2.75, 3.05) is 13.2 Å². The third-order valence-electron chi connectivity index (χ3n) is 6.56. The summed E-state index contributed by atoms with van der Waals surface area (Å²) in [7, 11) is 0. The van der Waals surface area contributed by atoms with Crippen molar-refractivity contribution in [3.63, 3.8) is 0 Å². The van der Waals surface area contributed by atoms with Gasteiger partial charge in [0.1, 0.15) is 18.7 Å². The number of carbonyl (C=O) groups is 3. The standard InChI is InChI=1S/C23H30N2O4.CH4.2H2S/c26-19-15-29-20-12-7-13-25(21(19)20)23(28)18(14-16-8-3-1-4-9-16)24-22(27)17-10-5-2-6-11-17;;;/h2,5-6,10-11,16,18,20-21H,1,3-4,7-9,12-15H2,(H,24,27);1H4;2*1H2/t18-,20+,21+;;;/m0.../s1. The number of benzene rings is 1. The van der Waals surface area contributed by atoms with E-state index in [2.05, 4.69) is 5.32 Å². The van der Waals surface area contributed by atoms with E-state index in [1.807, 2.05) is 18.2 Å². The van der Waals surface area contributed by atoms with Crippen LogP contribution in [0.1, 0.15) is 69.2 Å². The Kier molecular flexibility index (Phi) is 11.8. The molecule has 3 fully saturated rings. The highest BCUT2D eigenvalue weighted by atomic mass is 32.1. The van der Waals surface area contributed by atoms with Crippen LogP contribution in [0.5, 0.6) is 0 Å². The summed E-state index contributed by atoms with van der Waals surface area (Å²) in [6.45, 7) is 0.639. The lowest BCUT2D eigenvalue weighted by Crippen LogP contribution is -2.58. The molecule has 1 aromatic rings. The number of rotatable bonds is 5. The number of nitrogens with one attached hydrogen (secondary N) is 1. The quantitative estimate of drug-likeness (QED) is 0.696. The number of amides is 2. The Labute approximate surface area is 205 Å². The first-order valence-electron chi connectivity index (χ1n) is 10.9. The lowest BCUT2D eigenvalue weighted by atomic mass is 9.84. The van der Waals surface area contributed by atoms with Gasteiger partial charge in [-0.2, -0.15) is 27.0 Å². The largest absolute Gasteiger partial charge is 0.368 e.